The molecule has 5 heteroatoms. The Hall–Kier alpha value is -1.88. The van der Waals surface area contributed by atoms with E-state index in [4.69, 9.17) is 4.74 Å². The first-order chi connectivity index (χ1) is 10.8. The van der Waals surface area contributed by atoms with Crippen LogP contribution in [-0.2, 0) is 0 Å². The normalized spacial score (nSPS) is 26.9. The number of carbonyl (C=O) groups excluding carboxylic acids is 1. The summed E-state index contributed by atoms with van der Waals surface area (Å²) in [4.78, 5) is 18.6. The molecule has 0 unspecified atom stereocenters. The number of ether oxygens (including phenoxy) is 1. The highest BCUT2D eigenvalue weighted by Gasteiger charge is 2.45. The molecule has 1 saturated heterocycles. The molecule has 2 fully saturated rings. The van der Waals surface area contributed by atoms with Crippen molar-refractivity contribution in [1.82, 2.24) is 9.88 Å². The minimum absolute atomic E-state index is 0.163. The summed E-state index contributed by atoms with van der Waals surface area (Å²) in [6.45, 7) is 1.68. The largest absolute Gasteiger partial charge is 0.488 e. The van der Waals surface area contributed by atoms with E-state index in [0.29, 0.717) is 11.8 Å². The molecule has 0 aromatic carbocycles. The predicted octanol–water partition coefficient (Wildman–Crippen LogP) is 3.07. The van der Waals surface area contributed by atoms with Crippen molar-refractivity contribution in [3.05, 3.63) is 46.9 Å². The number of hydrogen-bond donors (Lipinski definition) is 0. The van der Waals surface area contributed by atoms with Crippen LogP contribution in [0.25, 0.3) is 0 Å². The lowest BCUT2D eigenvalue weighted by Crippen LogP contribution is -2.32. The molecule has 0 N–H and O–H groups in total. The predicted molar refractivity (Wildman–Crippen MR) is 85.1 cm³/mol. The average Bonchev–Trinajstić information content (AvgIpc) is 3.26. The van der Waals surface area contributed by atoms with E-state index < -0.39 is 0 Å². The van der Waals surface area contributed by atoms with Gasteiger partial charge in [-0.3, -0.25) is 9.78 Å². The highest BCUT2D eigenvalue weighted by atomic mass is 32.1. The molecular weight excluding hydrogens is 296 g/mol. The van der Waals surface area contributed by atoms with Crippen molar-refractivity contribution in [2.24, 2.45) is 11.8 Å². The number of amides is 1. The number of carbonyl (C=O) groups is 1. The summed E-state index contributed by atoms with van der Waals surface area (Å²) < 4.78 is 6.11. The highest BCUT2D eigenvalue weighted by molar-refractivity contribution is 7.08. The SMILES string of the molecule is O=C(c1ccsc1)N1C[C@H]2CC[C@@H](Oc3cccnc3)[C@H]2C1. The summed E-state index contributed by atoms with van der Waals surface area (Å²) in [5, 5.41) is 3.89. The van der Waals surface area contributed by atoms with Gasteiger partial charge in [-0.05, 0) is 42.3 Å². The molecule has 3 heterocycles. The maximum absolute atomic E-state index is 12.5. The summed E-state index contributed by atoms with van der Waals surface area (Å²) in [6, 6.07) is 5.75. The number of likely N-dealkylation sites (tertiary alicyclic amines) is 1. The molecule has 4 nitrogen and oxygen atoms in total. The quantitative estimate of drug-likeness (QED) is 0.874. The van der Waals surface area contributed by atoms with E-state index in [9.17, 15) is 4.79 Å². The van der Waals surface area contributed by atoms with Crippen molar-refractivity contribution in [3.8, 4) is 5.75 Å². The van der Waals surface area contributed by atoms with Gasteiger partial charge in [0.2, 0.25) is 0 Å². The van der Waals surface area contributed by atoms with Crippen LogP contribution in [0.3, 0.4) is 0 Å². The Morgan fingerprint density at radius 2 is 2.27 bits per heavy atom. The van der Waals surface area contributed by atoms with Crippen molar-refractivity contribution in [2.45, 2.75) is 18.9 Å². The van der Waals surface area contributed by atoms with Gasteiger partial charge in [0.15, 0.2) is 0 Å². The van der Waals surface area contributed by atoms with Gasteiger partial charge in [-0.25, -0.2) is 0 Å². The third kappa shape index (κ3) is 2.50. The number of thiophene rings is 1. The number of pyridine rings is 1. The number of rotatable bonds is 3. The molecule has 1 aliphatic carbocycles. The van der Waals surface area contributed by atoms with Crippen LogP contribution in [0.4, 0.5) is 0 Å². The molecule has 1 saturated carbocycles. The van der Waals surface area contributed by atoms with Crippen LogP contribution in [0.5, 0.6) is 5.75 Å². The van der Waals surface area contributed by atoms with Crippen LogP contribution in [0.2, 0.25) is 0 Å². The van der Waals surface area contributed by atoms with Crippen LogP contribution in [-0.4, -0.2) is 35.0 Å². The molecule has 114 valence electrons. The van der Waals surface area contributed by atoms with E-state index in [1.807, 2.05) is 33.9 Å². The molecule has 0 bridgehead atoms. The van der Waals surface area contributed by atoms with Crippen molar-refractivity contribution in [3.63, 3.8) is 0 Å². The van der Waals surface area contributed by atoms with Crippen molar-refractivity contribution in [1.29, 1.82) is 0 Å². The van der Waals surface area contributed by atoms with Gasteiger partial charge in [-0.1, -0.05) is 0 Å². The Morgan fingerprint density at radius 1 is 1.32 bits per heavy atom. The third-order valence-electron chi connectivity index (χ3n) is 4.77. The Balaban J connectivity index is 1.44. The lowest BCUT2D eigenvalue weighted by molar-refractivity contribution is 0.0763. The Labute approximate surface area is 133 Å². The Morgan fingerprint density at radius 3 is 3.05 bits per heavy atom. The number of hydrogen-bond acceptors (Lipinski definition) is 4. The van der Waals surface area contributed by atoms with Gasteiger partial charge in [-0.2, -0.15) is 11.3 Å². The van der Waals surface area contributed by atoms with Crippen LogP contribution in [0.1, 0.15) is 23.2 Å². The highest BCUT2D eigenvalue weighted by Crippen LogP contribution is 2.40. The van der Waals surface area contributed by atoms with E-state index in [0.717, 1.165) is 37.2 Å². The van der Waals surface area contributed by atoms with E-state index in [1.54, 1.807) is 23.7 Å². The Kier molecular flexibility index (Phi) is 3.58. The zero-order valence-corrected chi connectivity index (χ0v) is 13.0. The second kappa shape index (κ2) is 5.72. The monoisotopic (exact) mass is 314 g/mol. The molecule has 0 spiro atoms. The van der Waals surface area contributed by atoms with E-state index in [1.165, 1.54) is 0 Å². The van der Waals surface area contributed by atoms with Crippen molar-refractivity contribution in [2.75, 3.05) is 13.1 Å². The average molecular weight is 314 g/mol. The zero-order chi connectivity index (χ0) is 14.9. The minimum atomic E-state index is 0.163. The zero-order valence-electron chi connectivity index (χ0n) is 12.2. The fourth-order valence-corrected chi connectivity index (χ4v) is 4.32. The van der Waals surface area contributed by atoms with Gasteiger partial charge >= 0.3 is 0 Å². The van der Waals surface area contributed by atoms with Crippen molar-refractivity contribution >= 4 is 17.2 Å². The summed E-state index contributed by atoms with van der Waals surface area (Å²) >= 11 is 1.57. The Bertz CT molecular complexity index is 644. The molecule has 1 amide bonds. The van der Waals surface area contributed by atoms with E-state index in [2.05, 4.69) is 4.98 Å². The number of fused-ring (bicyclic) bond motifs is 1. The number of aromatic nitrogens is 1. The molecule has 3 atom stereocenters. The molecule has 1 aliphatic heterocycles. The summed E-state index contributed by atoms with van der Waals surface area (Å²) in [6.07, 6.45) is 5.93. The van der Waals surface area contributed by atoms with Gasteiger partial charge in [0.05, 0.1) is 11.8 Å². The summed E-state index contributed by atoms with van der Waals surface area (Å²) in [5.74, 6) is 2.01. The second-order valence-corrected chi connectivity index (χ2v) is 6.85. The minimum Gasteiger partial charge on any atom is -0.488 e. The van der Waals surface area contributed by atoms with Gasteiger partial charge in [0.1, 0.15) is 11.9 Å². The van der Waals surface area contributed by atoms with E-state index >= 15 is 0 Å². The van der Waals surface area contributed by atoms with Gasteiger partial charge in [-0.15, -0.1) is 0 Å². The van der Waals surface area contributed by atoms with Crippen LogP contribution < -0.4 is 4.74 Å². The first kappa shape index (κ1) is 13.8. The van der Waals surface area contributed by atoms with Crippen molar-refractivity contribution < 1.29 is 9.53 Å². The molecule has 2 aliphatic rings. The molecule has 4 rings (SSSR count). The number of nitrogens with zero attached hydrogens (tertiary/aromatic N) is 2. The standard InChI is InChI=1S/C17H18N2O2S/c20-17(13-5-7-22-11-13)19-9-12-3-4-16(15(12)10-19)21-14-2-1-6-18-8-14/h1-2,5-8,11-12,15-16H,3-4,9-10H2/t12-,15+,16-/m1/s1. The fraction of sp³-hybridized carbons (Fsp3) is 0.412. The first-order valence-electron chi connectivity index (χ1n) is 7.69. The second-order valence-electron chi connectivity index (χ2n) is 6.07. The van der Waals surface area contributed by atoms with E-state index in [-0.39, 0.29) is 12.0 Å². The first-order valence-corrected chi connectivity index (χ1v) is 8.63. The topological polar surface area (TPSA) is 42.4 Å². The maximum Gasteiger partial charge on any atom is 0.254 e. The lowest BCUT2D eigenvalue weighted by atomic mass is 9.99. The summed E-state index contributed by atoms with van der Waals surface area (Å²) in [7, 11) is 0. The molecule has 2 aromatic rings. The summed E-state index contributed by atoms with van der Waals surface area (Å²) in [5.41, 5.74) is 0.815. The molecule has 22 heavy (non-hydrogen) atoms. The van der Waals surface area contributed by atoms with Gasteiger partial charge in [0.25, 0.3) is 5.91 Å². The fourth-order valence-electron chi connectivity index (χ4n) is 3.69. The third-order valence-corrected chi connectivity index (χ3v) is 5.45. The maximum atomic E-state index is 12.5. The van der Waals surface area contributed by atoms with Crippen LogP contribution >= 0.6 is 11.3 Å². The smallest absolute Gasteiger partial charge is 0.254 e. The molecular formula is C17H18N2O2S. The molecule has 2 aromatic heterocycles. The van der Waals surface area contributed by atoms with Crippen LogP contribution in [0.15, 0.2) is 41.4 Å². The molecule has 0 radical (unpaired) electrons. The lowest BCUT2D eigenvalue weighted by Gasteiger charge is -2.21. The van der Waals surface area contributed by atoms with Gasteiger partial charge < -0.3 is 9.64 Å². The van der Waals surface area contributed by atoms with Gasteiger partial charge in [0, 0.05) is 30.6 Å². The van der Waals surface area contributed by atoms with Crippen LogP contribution in [0, 0.1) is 11.8 Å².